The summed E-state index contributed by atoms with van der Waals surface area (Å²) in [7, 11) is 0. The summed E-state index contributed by atoms with van der Waals surface area (Å²) in [5.74, 6) is 0.169. The van der Waals surface area contributed by atoms with Crippen molar-refractivity contribution in [2.75, 3.05) is 13.1 Å². The highest BCUT2D eigenvalue weighted by molar-refractivity contribution is 5.18. The van der Waals surface area contributed by atoms with Crippen molar-refractivity contribution in [3.63, 3.8) is 0 Å². The largest absolute Gasteiger partial charge is 0.316 e. The van der Waals surface area contributed by atoms with E-state index in [1.165, 1.54) is 0 Å². The molecule has 1 aromatic rings. The number of alkyl halides is 1. The molecule has 1 aromatic carbocycles. The first-order valence-electron chi connectivity index (χ1n) is 4.77. The lowest BCUT2D eigenvalue weighted by molar-refractivity contribution is 0.246. The highest BCUT2D eigenvalue weighted by atomic mass is 19.1. The molecule has 0 amide bonds. The summed E-state index contributed by atoms with van der Waals surface area (Å²) in [6, 6.07) is 9.43. The zero-order valence-corrected chi connectivity index (χ0v) is 7.54. The van der Waals surface area contributed by atoms with Crippen molar-refractivity contribution >= 4 is 0 Å². The Hall–Kier alpha value is -0.890. The molecule has 1 heterocycles. The molecule has 2 unspecified atom stereocenters. The topological polar surface area (TPSA) is 12.0 Å². The number of benzene rings is 1. The Kier molecular flexibility index (Phi) is 2.60. The minimum absolute atomic E-state index is 0.169. The van der Waals surface area contributed by atoms with Gasteiger partial charge in [-0.15, -0.1) is 0 Å². The quantitative estimate of drug-likeness (QED) is 0.734. The molecular weight excluding hydrogens is 165 g/mol. The molecule has 0 aliphatic carbocycles. The Morgan fingerprint density at radius 1 is 1.31 bits per heavy atom. The minimum atomic E-state index is -0.795. The van der Waals surface area contributed by atoms with Crippen LogP contribution in [0.4, 0.5) is 4.39 Å². The summed E-state index contributed by atoms with van der Waals surface area (Å²) >= 11 is 0. The minimum Gasteiger partial charge on any atom is -0.316 e. The van der Waals surface area contributed by atoms with Crippen LogP contribution < -0.4 is 5.32 Å². The average Bonchev–Trinajstić information content (AvgIpc) is 2.71. The second-order valence-corrected chi connectivity index (χ2v) is 3.57. The monoisotopic (exact) mass is 179 g/mol. The van der Waals surface area contributed by atoms with Gasteiger partial charge in [-0.2, -0.15) is 0 Å². The Bertz CT molecular complexity index is 254. The first-order valence-corrected chi connectivity index (χ1v) is 4.77. The first kappa shape index (κ1) is 8.70. The van der Waals surface area contributed by atoms with Crippen molar-refractivity contribution in [1.82, 2.24) is 5.32 Å². The number of halogens is 1. The summed E-state index contributed by atoms with van der Waals surface area (Å²) < 4.78 is 13.8. The molecule has 70 valence electrons. The summed E-state index contributed by atoms with van der Waals surface area (Å²) in [5.41, 5.74) is 0.816. The second-order valence-electron chi connectivity index (χ2n) is 3.57. The van der Waals surface area contributed by atoms with Gasteiger partial charge in [0.1, 0.15) is 6.17 Å². The maximum absolute atomic E-state index is 13.8. The van der Waals surface area contributed by atoms with E-state index in [2.05, 4.69) is 5.32 Å². The Labute approximate surface area is 78.0 Å². The third-order valence-electron chi connectivity index (χ3n) is 2.63. The molecule has 1 N–H and O–H groups in total. The van der Waals surface area contributed by atoms with Crippen molar-refractivity contribution < 1.29 is 4.39 Å². The fourth-order valence-electron chi connectivity index (χ4n) is 1.84. The van der Waals surface area contributed by atoms with Crippen LogP contribution in [-0.4, -0.2) is 13.1 Å². The molecule has 1 aliphatic heterocycles. The van der Waals surface area contributed by atoms with Gasteiger partial charge in [0.25, 0.3) is 0 Å². The van der Waals surface area contributed by atoms with Crippen molar-refractivity contribution in [2.45, 2.75) is 12.6 Å². The number of hydrogen-bond donors (Lipinski definition) is 1. The first-order chi connectivity index (χ1) is 6.38. The van der Waals surface area contributed by atoms with Crippen LogP contribution in [0.2, 0.25) is 0 Å². The normalized spacial score (nSPS) is 24.5. The van der Waals surface area contributed by atoms with Gasteiger partial charge >= 0.3 is 0 Å². The average molecular weight is 179 g/mol. The van der Waals surface area contributed by atoms with Gasteiger partial charge in [-0.25, -0.2) is 4.39 Å². The van der Waals surface area contributed by atoms with Gasteiger partial charge in [-0.05, 0) is 18.5 Å². The van der Waals surface area contributed by atoms with Crippen LogP contribution in [0.25, 0.3) is 0 Å². The van der Waals surface area contributed by atoms with E-state index in [-0.39, 0.29) is 5.92 Å². The van der Waals surface area contributed by atoms with Crippen LogP contribution in [0.15, 0.2) is 30.3 Å². The van der Waals surface area contributed by atoms with Crippen LogP contribution in [-0.2, 0) is 0 Å². The number of hydrogen-bond acceptors (Lipinski definition) is 1. The van der Waals surface area contributed by atoms with Crippen LogP contribution in [0.5, 0.6) is 0 Å². The molecule has 0 spiro atoms. The molecule has 2 heteroatoms. The van der Waals surface area contributed by atoms with Gasteiger partial charge in [0, 0.05) is 12.5 Å². The fourth-order valence-corrected chi connectivity index (χ4v) is 1.84. The lowest BCUT2D eigenvalue weighted by atomic mass is 9.96. The molecule has 2 atom stereocenters. The van der Waals surface area contributed by atoms with E-state index in [1.54, 1.807) is 0 Å². The van der Waals surface area contributed by atoms with Gasteiger partial charge in [-0.1, -0.05) is 30.3 Å². The summed E-state index contributed by atoms with van der Waals surface area (Å²) in [6.45, 7) is 1.77. The van der Waals surface area contributed by atoms with E-state index in [1.807, 2.05) is 30.3 Å². The number of rotatable bonds is 2. The zero-order chi connectivity index (χ0) is 9.10. The van der Waals surface area contributed by atoms with Crippen LogP contribution in [0.1, 0.15) is 18.2 Å². The molecule has 1 saturated heterocycles. The summed E-state index contributed by atoms with van der Waals surface area (Å²) in [6.07, 6.45) is 0.159. The van der Waals surface area contributed by atoms with E-state index in [9.17, 15) is 4.39 Å². The van der Waals surface area contributed by atoms with Crippen LogP contribution in [0, 0.1) is 5.92 Å². The highest BCUT2D eigenvalue weighted by Gasteiger charge is 2.25. The Morgan fingerprint density at radius 2 is 2.08 bits per heavy atom. The second kappa shape index (κ2) is 3.88. The fraction of sp³-hybridized carbons (Fsp3) is 0.455. The molecule has 13 heavy (non-hydrogen) atoms. The maximum atomic E-state index is 13.8. The molecule has 0 aromatic heterocycles. The molecule has 1 aliphatic rings. The molecule has 0 saturated carbocycles. The maximum Gasteiger partial charge on any atom is 0.129 e. The van der Waals surface area contributed by atoms with E-state index in [0.717, 1.165) is 25.1 Å². The standard InChI is InChI=1S/C11H14FN/c12-11(10-6-7-13-8-10)9-4-2-1-3-5-9/h1-5,10-11,13H,6-8H2. The third kappa shape index (κ3) is 1.89. The van der Waals surface area contributed by atoms with Gasteiger partial charge in [0.2, 0.25) is 0 Å². The molecule has 0 radical (unpaired) electrons. The smallest absolute Gasteiger partial charge is 0.129 e. The predicted molar refractivity (Wildman–Crippen MR) is 51.3 cm³/mol. The molecular formula is C11H14FN. The van der Waals surface area contributed by atoms with Crippen molar-refractivity contribution in [2.24, 2.45) is 5.92 Å². The number of nitrogens with one attached hydrogen (secondary N) is 1. The summed E-state index contributed by atoms with van der Waals surface area (Å²) in [5, 5.41) is 3.18. The molecule has 2 rings (SSSR count). The van der Waals surface area contributed by atoms with E-state index in [4.69, 9.17) is 0 Å². The Morgan fingerprint density at radius 3 is 2.69 bits per heavy atom. The van der Waals surface area contributed by atoms with Crippen molar-refractivity contribution in [3.05, 3.63) is 35.9 Å². The van der Waals surface area contributed by atoms with E-state index < -0.39 is 6.17 Å². The van der Waals surface area contributed by atoms with Gasteiger partial charge in [0.05, 0.1) is 0 Å². The van der Waals surface area contributed by atoms with Crippen molar-refractivity contribution in [1.29, 1.82) is 0 Å². The van der Waals surface area contributed by atoms with E-state index in [0.29, 0.717) is 0 Å². The SMILES string of the molecule is FC(c1ccccc1)C1CCNC1. The van der Waals surface area contributed by atoms with E-state index >= 15 is 0 Å². The lowest BCUT2D eigenvalue weighted by Crippen LogP contribution is -2.13. The molecule has 0 bridgehead atoms. The van der Waals surface area contributed by atoms with Gasteiger partial charge < -0.3 is 5.32 Å². The molecule has 1 nitrogen and oxygen atoms in total. The van der Waals surface area contributed by atoms with Crippen molar-refractivity contribution in [3.8, 4) is 0 Å². The lowest BCUT2D eigenvalue weighted by Gasteiger charge is -2.14. The highest BCUT2D eigenvalue weighted by Crippen LogP contribution is 2.29. The predicted octanol–water partition coefficient (Wildman–Crippen LogP) is 2.31. The Balaban J connectivity index is 2.08. The van der Waals surface area contributed by atoms with Crippen LogP contribution in [0.3, 0.4) is 0 Å². The molecule has 1 fully saturated rings. The van der Waals surface area contributed by atoms with Crippen LogP contribution >= 0.6 is 0 Å². The van der Waals surface area contributed by atoms with Gasteiger partial charge in [-0.3, -0.25) is 0 Å². The third-order valence-corrected chi connectivity index (χ3v) is 2.63. The zero-order valence-electron chi connectivity index (χ0n) is 7.54. The van der Waals surface area contributed by atoms with Gasteiger partial charge in [0.15, 0.2) is 0 Å². The summed E-state index contributed by atoms with van der Waals surface area (Å²) in [4.78, 5) is 0.